The van der Waals surface area contributed by atoms with Gasteiger partial charge in [-0.05, 0) is 38.5 Å². The number of carbonyl (C=O) groups is 1. The van der Waals surface area contributed by atoms with Crippen molar-refractivity contribution in [2.45, 2.75) is 82.6 Å². The third kappa shape index (κ3) is 5.59. The van der Waals surface area contributed by atoms with Crippen molar-refractivity contribution in [3.8, 4) is 0 Å². The summed E-state index contributed by atoms with van der Waals surface area (Å²) in [5, 5.41) is 22.1. The fourth-order valence-electron chi connectivity index (χ4n) is 3.81. The van der Waals surface area contributed by atoms with Crippen LogP contribution < -0.4 is 5.32 Å². The fraction of sp³-hybridized carbons (Fsp3) is 0.833. The van der Waals surface area contributed by atoms with E-state index < -0.39 is 5.97 Å². The normalized spacial score (nSPS) is 31.0. The molecule has 0 aromatic heterocycles. The van der Waals surface area contributed by atoms with Crippen LogP contribution in [0.2, 0.25) is 0 Å². The molecule has 0 aliphatic carbocycles. The van der Waals surface area contributed by atoms with Gasteiger partial charge in [-0.3, -0.25) is 4.79 Å². The predicted molar refractivity (Wildman–Crippen MR) is 89.3 cm³/mol. The van der Waals surface area contributed by atoms with Crippen LogP contribution in [0.5, 0.6) is 0 Å². The fourth-order valence-corrected chi connectivity index (χ4v) is 3.81. The van der Waals surface area contributed by atoms with Gasteiger partial charge in [-0.1, -0.05) is 25.5 Å². The third-order valence-electron chi connectivity index (χ3n) is 4.97. The number of nitrogens with one attached hydrogen (secondary N) is 1. The molecule has 0 aromatic rings. The molecule has 0 saturated carbocycles. The van der Waals surface area contributed by atoms with Crippen molar-refractivity contribution in [1.82, 2.24) is 5.32 Å². The second-order valence-corrected chi connectivity index (χ2v) is 6.82. The molecule has 0 aromatic carbocycles. The number of hydrogen-bond acceptors (Lipinski definition) is 4. The van der Waals surface area contributed by atoms with E-state index in [2.05, 4.69) is 24.4 Å². The zero-order valence-electron chi connectivity index (χ0n) is 14.1. The van der Waals surface area contributed by atoms with E-state index in [1.54, 1.807) is 0 Å². The highest BCUT2D eigenvalue weighted by Crippen LogP contribution is 2.41. The first-order valence-electron chi connectivity index (χ1n) is 9.05. The Kier molecular flexibility index (Phi) is 7.53. The smallest absolute Gasteiger partial charge is 0.303 e. The number of allylic oxidation sites excluding steroid dienone is 2. The molecule has 23 heavy (non-hydrogen) atoms. The molecule has 0 spiro atoms. The highest BCUT2D eigenvalue weighted by molar-refractivity contribution is 5.66. The van der Waals surface area contributed by atoms with Crippen LogP contribution in [0.25, 0.3) is 0 Å². The molecule has 5 heteroatoms. The average molecular weight is 325 g/mol. The van der Waals surface area contributed by atoms with Gasteiger partial charge in [0.15, 0.2) is 0 Å². The maximum atomic E-state index is 10.5. The molecule has 2 aliphatic heterocycles. The Hall–Kier alpha value is -0.910. The van der Waals surface area contributed by atoms with Gasteiger partial charge in [-0.2, -0.15) is 0 Å². The zero-order valence-corrected chi connectivity index (χ0v) is 14.1. The van der Waals surface area contributed by atoms with Crippen molar-refractivity contribution in [2.75, 3.05) is 6.54 Å². The standard InChI is InChI=1S/C18H31NO4/c1-2-7-13(20)12-19-18-14(15-10-11-16(18)23-15)8-5-3-4-6-9-17(21)22/h3,5,13-16,18-20H,2,4,6-12H2,1H3,(H,21,22)/b5-3-/t13?,14-,15+,16-,18-/m0/s1. The summed E-state index contributed by atoms with van der Waals surface area (Å²) < 4.78 is 6.04. The van der Waals surface area contributed by atoms with Gasteiger partial charge in [-0.25, -0.2) is 0 Å². The number of fused-ring (bicyclic) bond motifs is 2. The van der Waals surface area contributed by atoms with E-state index in [9.17, 15) is 9.90 Å². The van der Waals surface area contributed by atoms with Crippen LogP contribution in [0.15, 0.2) is 12.2 Å². The molecular weight excluding hydrogens is 294 g/mol. The summed E-state index contributed by atoms with van der Waals surface area (Å²) in [6.45, 7) is 2.73. The van der Waals surface area contributed by atoms with Crippen LogP contribution in [0, 0.1) is 5.92 Å². The number of carboxylic acid groups (broad SMARTS) is 1. The molecular formula is C18H31NO4. The Morgan fingerprint density at radius 1 is 1.35 bits per heavy atom. The molecule has 2 heterocycles. The first-order valence-corrected chi connectivity index (χ1v) is 9.05. The Bertz CT molecular complexity index is 398. The molecule has 2 saturated heterocycles. The monoisotopic (exact) mass is 325 g/mol. The SMILES string of the molecule is CCCC(O)CN[C@H]1[C@@H](C/C=C\CCCC(=O)O)[C@H]2CC[C@@H]1O2. The molecule has 2 rings (SSSR count). The summed E-state index contributed by atoms with van der Waals surface area (Å²) in [5.41, 5.74) is 0. The lowest BCUT2D eigenvalue weighted by Crippen LogP contribution is -2.46. The summed E-state index contributed by atoms with van der Waals surface area (Å²) in [5.74, 6) is -0.256. The Labute approximate surface area is 139 Å². The van der Waals surface area contributed by atoms with E-state index in [0.717, 1.165) is 38.5 Å². The molecule has 1 unspecified atom stereocenters. The first-order chi connectivity index (χ1) is 11.1. The minimum absolute atomic E-state index is 0.237. The van der Waals surface area contributed by atoms with Crippen molar-refractivity contribution in [3.63, 3.8) is 0 Å². The van der Waals surface area contributed by atoms with Gasteiger partial charge in [-0.15, -0.1) is 0 Å². The number of ether oxygens (including phenoxy) is 1. The van der Waals surface area contributed by atoms with E-state index >= 15 is 0 Å². The molecule has 5 nitrogen and oxygen atoms in total. The van der Waals surface area contributed by atoms with Crippen molar-refractivity contribution in [1.29, 1.82) is 0 Å². The highest BCUT2D eigenvalue weighted by atomic mass is 16.5. The van der Waals surface area contributed by atoms with Crippen LogP contribution >= 0.6 is 0 Å². The quantitative estimate of drug-likeness (QED) is 0.402. The maximum Gasteiger partial charge on any atom is 0.303 e. The second-order valence-electron chi connectivity index (χ2n) is 6.82. The number of carboxylic acids is 1. The lowest BCUT2D eigenvalue weighted by Gasteiger charge is -2.29. The topological polar surface area (TPSA) is 78.8 Å². The van der Waals surface area contributed by atoms with Gasteiger partial charge in [0.05, 0.1) is 18.3 Å². The number of unbranched alkanes of at least 4 members (excludes halogenated alkanes) is 1. The molecule has 0 amide bonds. The van der Waals surface area contributed by atoms with E-state index in [0.29, 0.717) is 37.1 Å². The number of rotatable bonds is 11. The summed E-state index contributed by atoms with van der Waals surface area (Å²) >= 11 is 0. The van der Waals surface area contributed by atoms with E-state index in [-0.39, 0.29) is 12.5 Å². The van der Waals surface area contributed by atoms with Crippen LogP contribution in [-0.4, -0.2) is 47.1 Å². The Morgan fingerprint density at radius 3 is 2.87 bits per heavy atom. The lowest BCUT2D eigenvalue weighted by molar-refractivity contribution is -0.137. The molecule has 3 N–H and O–H groups in total. The number of hydrogen-bond donors (Lipinski definition) is 3. The Morgan fingerprint density at radius 2 is 2.13 bits per heavy atom. The van der Waals surface area contributed by atoms with Crippen LogP contribution in [0.1, 0.15) is 58.3 Å². The number of aliphatic hydroxyl groups is 1. The average Bonchev–Trinajstić information content (AvgIpc) is 3.10. The van der Waals surface area contributed by atoms with Crippen molar-refractivity contribution >= 4 is 5.97 Å². The van der Waals surface area contributed by atoms with Crippen LogP contribution in [0.4, 0.5) is 0 Å². The third-order valence-corrected chi connectivity index (χ3v) is 4.97. The number of aliphatic carboxylic acids is 1. The molecule has 2 aliphatic rings. The van der Waals surface area contributed by atoms with Crippen molar-refractivity contribution < 1.29 is 19.7 Å². The minimum atomic E-state index is -0.727. The molecule has 0 radical (unpaired) electrons. The maximum absolute atomic E-state index is 10.5. The van der Waals surface area contributed by atoms with Gasteiger partial charge in [0.1, 0.15) is 0 Å². The highest BCUT2D eigenvalue weighted by Gasteiger charge is 2.47. The van der Waals surface area contributed by atoms with E-state index in [1.807, 2.05) is 0 Å². The minimum Gasteiger partial charge on any atom is -0.481 e. The van der Waals surface area contributed by atoms with Crippen molar-refractivity contribution in [3.05, 3.63) is 12.2 Å². The predicted octanol–water partition coefficient (Wildman–Crippen LogP) is 2.48. The van der Waals surface area contributed by atoms with Gasteiger partial charge in [0, 0.05) is 24.9 Å². The molecule has 5 atom stereocenters. The summed E-state index contributed by atoms with van der Waals surface area (Å²) in [7, 11) is 0. The summed E-state index contributed by atoms with van der Waals surface area (Å²) in [4.78, 5) is 10.5. The van der Waals surface area contributed by atoms with Gasteiger partial charge >= 0.3 is 5.97 Å². The Balaban J connectivity index is 1.74. The van der Waals surface area contributed by atoms with E-state index in [1.165, 1.54) is 0 Å². The largest absolute Gasteiger partial charge is 0.481 e. The van der Waals surface area contributed by atoms with Gasteiger partial charge in [0.2, 0.25) is 0 Å². The van der Waals surface area contributed by atoms with E-state index in [4.69, 9.17) is 9.84 Å². The zero-order chi connectivity index (χ0) is 16.7. The molecule has 2 fully saturated rings. The molecule has 132 valence electrons. The summed E-state index contributed by atoms with van der Waals surface area (Å²) in [6.07, 6.45) is 11.4. The van der Waals surface area contributed by atoms with Crippen LogP contribution in [-0.2, 0) is 9.53 Å². The number of aliphatic hydroxyl groups excluding tert-OH is 1. The second kappa shape index (κ2) is 9.40. The van der Waals surface area contributed by atoms with Gasteiger partial charge < -0.3 is 20.3 Å². The lowest BCUT2D eigenvalue weighted by atomic mass is 9.82. The first kappa shape index (κ1) is 18.4. The van der Waals surface area contributed by atoms with Crippen molar-refractivity contribution in [2.24, 2.45) is 5.92 Å². The molecule has 2 bridgehead atoms. The summed E-state index contributed by atoms with van der Waals surface area (Å²) in [6, 6.07) is 0.337. The van der Waals surface area contributed by atoms with Crippen LogP contribution in [0.3, 0.4) is 0 Å². The van der Waals surface area contributed by atoms with Gasteiger partial charge in [0.25, 0.3) is 0 Å².